The van der Waals surface area contributed by atoms with Gasteiger partial charge in [-0.25, -0.2) is 22.8 Å². The van der Waals surface area contributed by atoms with Crippen LogP contribution < -0.4 is 22.8 Å². The van der Waals surface area contributed by atoms with Gasteiger partial charge in [-0.2, -0.15) is 0 Å². The summed E-state index contributed by atoms with van der Waals surface area (Å²) in [5.74, 6) is 1.90. The molecule has 0 unspecified atom stereocenters. The van der Waals surface area contributed by atoms with E-state index in [1.807, 2.05) is 0 Å². The minimum atomic E-state index is 0.165. The zero-order valence-corrected chi connectivity index (χ0v) is 73.9. The molecule has 10 aromatic rings. The monoisotopic (exact) mass is 1440 g/mol. The number of aryl methyl sites for hydroxylation is 11. The minimum Gasteiger partial charge on any atom is -0.201 e. The topological polar surface area (TPSA) is 19.4 Å². The van der Waals surface area contributed by atoms with Gasteiger partial charge in [-0.05, 0) is 219 Å². The van der Waals surface area contributed by atoms with Gasteiger partial charge < -0.3 is 0 Å². The summed E-state index contributed by atoms with van der Waals surface area (Å²) in [4.78, 5) is 0. The largest absolute Gasteiger partial charge is 0.212 e. The van der Waals surface area contributed by atoms with E-state index in [0.717, 1.165) is 6.42 Å². The second-order valence-corrected chi connectivity index (χ2v) is 38.0. The highest BCUT2D eigenvalue weighted by Crippen LogP contribution is 2.36. The van der Waals surface area contributed by atoms with E-state index in [-0.39, 0.29) is 32.5 Å². The molecule has 0 N–H and O–H groups in total. The molecule has 0 saturated heterocycles. The van der Waals surface area contributed by atoms with Crippen LogP contribution in [-0.4, -0.2) is 0 Å². The lowest BCUT2D eigenvalue weighted by molar-refractivity contribution is -0.660. The highest BCUT2D eigenvalue weighted by atomic mass is 14.9. The molecule has 0 atom stereocenters. The third-order valence-electron chi connectivity index (χ3n) is 21.5. The second-order valence-electron chi connectivity index (χ2n) is 38.0. The third-order valence-corrected chi connectivity index (χ3v) is 21.5. The van der Waals surface area contributed by atoms with Crippen molar-refractivity contribution in [1.82, 2.24) is 0 Å². The summed E-state index contributed by atoms with van der Waals surface area (Å²) in [5, 5.41) is 0. The maximum atomic E-state index is 2.41. The van der Waals surface area contributed by atoms with Crippen LogP contribution in [0.5, 0.6) is 0 Å². The number of nitrogens with zero attached hydrogens (tertiary/aromatic N) is 5. The first-order chi connectivity index (χ1) is 49.4. The SMILES string of the molecule is CCC(CC)c1ccc(C)c(-c2cc(C(C)(C)C)cc[n+]2C)c1.Cc1ccc(C(C)(C)C)cc1-c1cc(C(C)(C)C)cc[n+]1C.Cc1ccc(C(C)C)cc1-c1cc(C(C)(C)C)cc[n+]1C.Cc1ccc(C)c(-c2cc(C(C)(C)C)cc[n+]2C)c1.Cc1ccc(CC(C)C)cc1-c1cc(C(C)(C)C)cc[n+]1C. The molecule has 0 spiro atoms. The molecule has 0 bridgehead atoms. The molecule has 0 fully saturated rings. The van der Waals surface area contributed by atoms with Crippen LogP contribution in [-0.2, 0) is 74.1 Å². The Labute approximate surface area is 653 Å². The molecule has 0 amide bonds. The number of aromatic nitrogens is 5. The van der Waals surface area contributed by atoms with Crippen molar-refractivity contribution in [2.24, 2.45) is 41.2 Å². The molecule has 5 heteroatoms. The van der Waals surface area contributed by atoms with Crippen molar-refractivity contribution in [2.75, 3.05) is 0 Å². The summed E-state index contributed by atoms with van der Waals surface area (Å²) < 4.78 is 11.1. The molecule has 10 rings (SSSR count). The van der Waals surface area contributed by atoms with Gasteiger partial charge in [0.05, 0.1) is 0 Å². The Balaban J connectivity index is 0.000000210. The lowest BCUT2D eigenvalue weighted by atomic mass is 9.83. The van der Waals surface area contributed by atoms with E-state index in [0.29, 0.717) is 17.8 Å². The lowest BCUT2D eigenvalue weighted by Crippen LogP contribution is -2.32. The van der Waals surface area contributed by atoms with Crippen molar-refractivity contribution >= 4 is 0 Å². The Morgan fingerprint density at radius 3 is 0.822 bits per heavy atom. The zero-order valence-electron chi connectivity index (χ0n) is 73.9. The van der Waals surface area contributed by atoms with Gasteiger partial charge in [0.2, 0.25) is 28.5 Å². The van der Waals surface area contributed by atoms with Crippen LogP contribution in [0.3, 0.4) is 0 Å². The van der Waals surface area contributed by atoms with Crippen molar-refractivity contribution < 1.29 is 22.8 Å². The summed E-state index contributed by atoms with van der Waals surface area (Å²) in [7, 11) is 10.7. The number of hydrogen-bond donors (Lipinski definition) is 0. The molecule has 0 aliphatic carbocycles. The van der Waals surface area contributed by atoms with Gasteiger partial charge >= 0.3 is 0 Å². The van der Waals surface area contributed by atoms with Gasteiger partial charge in [-0.3, -0.25) is 0 Å². The summed E-state index contributed by atoms with van der Waals surface area (Å²) in [6, 6.07) is 57.1. The molecule has 0 saturated carbocycles. The average Bonchev–Trinajstić information content (AvgIpc) is 0.805. The second kappa shape index (κ2) is 35.9. The lowest BCUT2D eigenvalue weighted by Gasteiger charge is -2.21. The van der Waals surface area contributed by atoms with Crippen molar-refractivity contribution in [2.45, 2.75) is 271 Å². The van der Waals surface area contributed by atoms with Gasteiger partial charge in [0.1, 0.15) is 35.2 Å². The molecule has 572 valence electrons. The predicted molar refractivity (Wildman–Crippen MR) is 462 cm³/mol. The quantitative estimate of drug-likeness (QED) is 0.115. The first-order valence-corrected chi connectivity index (χ1v) is 40.0. The van der Waals surface area contributed by atoms with Crippen LogP contribution in [0.15, 0.2) is 183 Å². The fourth-order valence-electron chi connectivity index (χ4n) is 13.6. The Kier molecular flexibility index (Phi) is 29.5. The fraction of sp³-hybridized carbons (Fsp3) is 0.461. The molecule has 107 heavy (non-hydrogen) atoms. The van der Waals surface area contributed by atoms with E-state index in [1.54, 1.807) is 0 Å². The molecule has 0 aliphatic heterocycles. The standard InChI is InChI=1S/C22H32N.2C21H30N.C20H28N.C18H24N/c1-8-17(9-2)18-11-10-16(3)20(14-18)21-15-19(22(4,5)6)12-13-23(21)7;1-15-9-10-16(20(2,3)4)13-18(15)19-14-17(21(5,6)7)11-12-22(19)8;1-15(2)12-17-9-8-16(3)19(13-17)20-14-18(21(4,5)6)10-11-22(20)7;1-14(2)16-9-8-15(3)18(12-16)19-13-17(20(4,5)6)10-11-21(19)7;1-13-7-8-14(2)16(11-13)17-12-15(18(3,4)5)9-10-19(17)6/h10-15,17H,8-9H2,1-7H3;9-14H,1-8H3;8-11,13-15H,12H2,1-7H3;8-14H,1-7H3;7-12H,1-6H3/q5*+1. The summed E-state index contributed by atoms with van der Waals surface area (Å²) in [6.45, 7) is 67.6. The number of rotatable bonds is 11. The number of benzene rings is 5. The maximum absolute atomic E-state index is 2.41. The van der Waals surface area contributed by atoms with Crippen LogP contribution in [0.1, 0.15) is 274 Å². The highest BCUT2D eigenvalue weighted by Gasteiger charge is 2.27. The van der Waals surface area contributed by atoms with Crippen molar-refractivity contribution in [1.29, 1.82) is 0 Å². The third kappa shape index (κ3) is 23.9. The molecular weight excluding hydrogens is 1300 g/mol. The molecule has 0 radical (unpaired) electrons. The highest BCUT2D eigenvalue weighted by molar-refractivity contribution is 5.67. The molecule has 5 aromatic carbocycles. The summed E-state index contributed by atoms with van der Waals surface area (Å²) in [5.41, 5.74) is 34.8. The van der Waals surface area contributed by atoms with E-state index >= 15 is 0 Å². The zero-order chi connectivity index (χ0) is 80.4. The van der Waals surface area contributed by atoms with Crippen LogP contribution in [0.2, 0.25) is 0 Å². The van der Waals surface area contributed by atoms with E-state index in [2.05, 4.69) is 448 Å². The van der Waals surface area contributed by atoms with Crippen LogP contribution in [0.25, 0.3) is 56.3 Å². The fourth-order valence-corrected chi connectivity index (χ4v) is 13.6. The van der Waals surface area contributed by atoms with Crippen molar-refractivity contribution in [3.05, 3.63) is 266 Å². The number of pyridine rings is 5. The average molecular weight is 1440 g/mol. The molecule has 5 nitrogen and oxygen atoms in total. The van der Waals surface area contributed by atoms with Gasteiger partial charge in [0.15, 0.2) is 31.0 Å². The molecule has 5 heterocycles. The molecule has 0 aliphatic rings. The molecule has 5 aromatic heterocycles. The normalized spacial score (nSPS) is 12.1. The Bertz CT molecular complexity index is 4570. The van der Waals surface area contributed by atoms with E-state index in [9.17, 15) is 0 Å². The minimum absolute atomic E-state index is 0.165. The van der Waals surface area contributed by atoms with E-state index in [1.165, 1.54) is 153 Å². The Morgan fingerprint density at radius 2 is 0.523 bits per heavy atom. The van der Waals surface area contributed by atoms with Crippen molar-refractivity contribution in [3.63, 3.8) is 0 Å². The van der Waals surface area contributed by atoms with Gasteiger partial charge in [0, 0.05) is 88.5 Å². The van der Waals surface area contributed by atoms with Crippen LogP contribution in [0.4, 0.5) is 0 Å². The van der Waals surface area contributed by atoms with Crippen LogP contribution >= 0.6 is 0 Å². The predicted octanol–water partition coefficient (Wildman–Crippen LogP) is 24.8. The van der Waals surface area contributed by atoms with Gasteiger partial charge in [-0.15, -0.1) is 0 Å². The Morgan fingerprint density at radius 1 is 0.271 bits per heavy atom. The first kappa shape index (κ1) is 87.8. The van der Waals surface area contributed by atoms with Crippen LogP contribution in [0, 0.1) is 47.5 Å². The summed E-state index contributed by atoms with van der Waals surface area (Å²) >= 11 is 0. The van der Waals surface area contributed by atoms with E-state index < -0.39 is 0 Å². The van der Waals surface area contributed by atoms with Gasteiger partial charge in [-0.1, -0.05) is 232 Å². The maximum Gasteiger partial charge on any atom is 0.212 e. The summed E-state index contributed by atoms with van der Waals surface area (Å²) in [6.07, 6.45) is 14.4. The Hall–Kier alpha value is -8.15. The number of hydrogen-bond acceptors (Lipinski definition) is 0. The first-order valence-electron chi connectivity index (χ1n) is 40.0. The van der Waals surface area contributed by atoms with Gasteiger partial charge in [0.25, 0.3) is 0 Å². The van der Waals surface area contributed by atoms with E-state index in [4.69, 9.17) is 0 Å². The smallest absolute Gasteiger partial charge is 0.201 e. The molecular formula is C102H144N5+5. The van der Waals surface area contributed by atoms with Crippen molar-refractivity contribution in [3.8, 4) is 56.3 Å².